The Morgan fingerprint density at radius 2 is 1.72 bits per heavy atom. The van der Waals surface area contributed by atoms with Crippen molar-refractivity contribution in [1.29, 1.82) is 0 Å². The van der Waals surface area contributed by atoms with Gasteiger partial charge in [-0.25, -0.2) is 0 Å². The van der Waals surface area contributed by atoms with Crippen LogP contribution >= 0.6 is 0 Å². The predicted molar refractivity (Wildman–Crippen MR) is 135 cm³/mol. The van der Waals surface area contributed by atoms with Crippen molar-refractivity contribution < 1.29 is 24.2 Å². The first-order valence-electron chi connectivity index (χ1n) is 13.7. The lowest BCUT2D eigenvalue weighted by Gasteiger charge is -2.43. The molecule has 0 aromatic heterocycles. The summed E-state index contributed by atoms with van der Waals surface area (Å²) in [5.74, 6) is -2.09. The first-order chi connectivity index (χ1) is 17.2. The van der Waals surface area contributed by atoms with E-state index >= 15 is 0 Å². The lowest BCUT2D eigenvalue weighted by atomic mass is 9.74. The fourth-order valence-corrected chi connectivity index (χ4v) is 7.49. The highest BCUT2D eigenvalue weighted by Gasteiger charge is 2.75. The van der Waals surface area contributed by atoms with Gasteiger partial charge in [-0.1, -0.05) is 63.8 Å². The van der Waals surface area contributed by atoms with Gasteiger partial charge in [0.15, 0.2) is 0 Å². The molecule has 0 radical (unpaired) electrons. The number of carbonyl (C=O) groups is 3. The highest BCUT2D eigenvalue weighted by atomic mass is 16.5. The predicted octanol–water partition coefficient (Wildman–Crippen LogP) is 2.12. The summed E-state index contributed by atoms with van der Waals surface area (Å²) in [4.78, 5) is 47.8. The second kappa shape index (κ2) is 9.28. The van der Waals surface area contributed by atoms with Crippen LogP contribution in [0.25, 0.3) is 0 Å². The fraction of sp³-hybridized carbons (Fsp3) is 0.750. The summed E-state index contributed by atoms with van der Waals surface area (Å²) in [6, 6.07) is -1.30. The van der Waals surface area contributed by atoms with Crippen molar-refractivity contribution in [2.75, 3.05) is 26.7 Å². The number of rotatable bonds is 5. The van der Waals surface area contributed by atoms with Crippen molar-refractivity contribution in [2.24, 2.45) is 17.8 Å². The van der Waals surface area contributed by atoms with Gasteiger partial charge in [-0.15, -0.1) is 0 Å². The van der Waals surface area contributed by atoms with Crippen LogP contribution in [-0.2, 0) is 19.1 Å². The molecule has 3 amide bonds. The molecule has 4 aliphatic heterocycles. The highest BCUT2D eigenvalue weighted by molar-refractivity contribution is 6.00. The van der Waals surface area contributed by atoms with Gasteiger partial charge >= 0.3 is 0 Å². The summed E-state index contributed by atoms with van der Waals surface area (Å²) < 4.78 is 6.85. The maximum atomic E-state index is 14.5. The number of aliphatic hydroxyl groups excluding tert-OH is 1. The van der Waals surface area contributed by atoms with E-state index in [4.69, 9.17) is 4.74 Å². The van der Waals surface area contributed by atoms with Gasteiger partial charge in [-0.3, -0.25) is 14.4 Å². The van der Waals surface area contributed by atoms with Gasteiger partial charge < -0.3 is 24.5 Å². The molecule has 1 saturated carbocycles. The van der Waals surface area contributed by atoms with E-state index in [9.17, 15) is 19.5 Å². The van der Waals surface area contributed by atoms with Crippen molar-refractivity contribution in [3.8, 4) is 0 Å². The zero-order valence-electron chi connectivity index (χ0n) is 22.1. The molecule has 198 valence electrons. The zero-order valence-corrected chi connectivity index (χ0v) is 22.1. The Labute approximate surface area is 214 Å². The van der Waals surface area contributed by atoms with Crippen molar-refractivity contribution in [2.45, 2.75) is 88.6 Å². The highest BCUT2D eigenvalue weighted by Crippen LogP contribution is 2.58. The van der Waals surface area contributed by atoms with Crippen LogP contribution in [0.5, 0.6) is 0 Å². The largest absolute Gasteiger partial charge is 0.394 e. The molecular weight excluding hydrogens is 458 g/mol. The molecule has 36 heavy (non-hydrogen) atoms. The topological polar surface area (TPSA) is 90.4 Å². The molecule has 0 aromatic rings. The standard InChI is InChI=1S/C28H41N3O5/c1-5-18(2)20(17-32)31-23-26(35)30(19-11-7-6-8-12-19)16-10-14-28(23)22(25(31)34)21-24(33)29(4)15-9-13-27(21,3)36-28/h9-10,13-14,18-23,32H,5-8,11-12,15-17H2,1-4H3/t18-,20-,21-,22-,23?,27+,28-/m0/s1. The van der Waals surface area contributed by atoms with E-state index in [-0.39, 0.29) is 36.3 Å². The molecule has 1 unspecified atom stereocenters. The summed E-state index contributed by atoms with van der Waals surface area (Å²) in [6.45, 7) is 6.58. The summed E-state index contributed by atoms with van der Waals surface area (Å²) in [5, 5.41) is 10.5. The number of hydrogen-bond donors (Lipinski definition) is 1. The second-order valence-corrected chi connectivity index (χ2v) is 11.7. The Morgan fingerprint density at radius 1 is 1.03 bits per heavy atom. The third kappa shape index (κ3) is 3.58. The molecule has 2 saturated heterocycles. The number of fused-ring (bicyclic) bond motifs is 2. The van der Waals surface area contributed by atoms with Crippen molar-refractivity contribution in [3.05, 3.63) is 24.3 Å². The Bertz CT molecular complexity index is 974. The minimum Gasteiger partial charge on any atom is -0.394 e. The van der Waals surface area contributed by atoms with Crippen LogP contribution in [0.15, 0.2) is 24.3 Å². The number of amides is 3. The van der Waals surface area contributed by atoms with Crippen LogP contribution < -0.4 is 0 Å². The summed E-state index contributed by atoms with van der Waals surface area (Å²) in [6.07, 6.45) is 13.7. The number of aliphatic hydroxyl groups is 1. The summed E-state index contributed by atoms with van der Waals surface area (Å²) in [7, 11) is 1.74. The Morgan fingerprint density at radius 3 is 2.39 bits per heavy atom. The van der Waals surface area contributed by atoms with Gasteiger partial charge in [-0.2, -0.15) is 0 Å². The Kier molecular flexibility index (Phi) is 6.56. The minimum absolute atomic E-state index is 0.0169. The molecule has 3 fully saturated rings. The van der Waals surface area contributed by atoms with Crippen molar-refractivity contribution >= 4 is 17.7 Å². The van der Waals surface area contributed by atoms with Crippen LogP contribution in [0.2, 0.25) is 0 Å². The molecule has 1 aliphatic carbocycles. The Hall–Kier alpha value is -2.19. The first kappa shape index (κ1) is 25.5. The summed E-state index contributed by atoms with van der Waals surface area (Å²) >= 11 is 0. The molecule has 7 atom stereocenters. The number of carbonyl (C=O) groups excluding carboxylic acids is 3. The molecule has 0 aromatic carbocycles. The molecule has 1 N–H and O–H groups in total. The zero-order chi connectivity index (χ0) is 25.8. The van der Waals surface area contributed by atoms with Crippen LogP contribution in [0, 0.1) is 17.8 Å². The Balaban J connectivity index is 1.66. The van der Waals surface area contributed by atoms with E-state index in [0.717, 1.165) is 32.1 Å². The first-order valence-corrected chi connectivity index (χ1v) is 13.7. The van der Waals surface area contributed by atoms with Crippen LogP contribution in [-0.4, -0.2) is 93.6 Å². The number of ether oxygens (including phenoxy) is 1. The van der Waals surface area contributed by atoms with E-state index in [0.29, 0.717) is 13.1 Å². The lowest BCUT2D eigenvalue weighted by molar-refractivity contribution is -0.158. The maximum Gasteiger partial charge on any atom is 0.249 e. The lowest BCUT2D eigenvalue weighted by Crippen LogP contribution is -2.61. The van der Waals surface area contributed by atoms with Gasteiger partial charge in [-0.05, 0) is 25.7 Å². The molecule has 5 aliphatic rings. The van der Waals surface area contributed by atoms with E-state index in [1.807, 2.05) is 50.0 Å². The van der Waals surface area contributed by atoms with Gasteiger partial charge in [0.2, 0.25) is 17.7 Å². The monoisotopic (exact) mass is 499 g/mol. The van der Waals surface area contributed by atoms with E-state index in [1.165, 1.54) is 6.42 Å². The van der Waals surface area contributed by atoms with Gasteiger partial charge in [0.1, 0.15) is 11.6 Å². The van der Waals surface area contributed by atoms with Crippen molar-refractivity contribution in [3.63, 3.8) is 0 Å². The molecule has 1 spiro atoms. The normalized spacial score (nSPS) is 38.5. The quantitative estimate of drug-likeness (QED) is 0.586. The third-order valence-electron chi connectivity index (χ3n) is 9.59. The maximum absolute atomic E-state index is 14.5. The van der Waals surface area contributed by atoms with Crippen LogP contribution in [0.1, 0.15) is 59.3 Å². The molecule has 4 heterocycles. The average molecular weight is 500 g/mol. The van der Waals surface area contributed by atoms with E-state index in [2.05, 4.69) is 0 Å². The molecular formula is C28H41N3O5. The fourth-order valence-electron chi connectivity index (χ4n) is 7.49. The van der Waals surface area contributed by atoms with Gasteiger partial charge in [0.25, 0.3) is 0 Å². The van der Waals surface area contributed by atoms with Crippen LogP contribution in [0.4, 0.5) is 0 Å². The van der Waals surface area contributed by atoms with Crippen LogP contribution in [0.3, 0.4) is 0 Å². The molecule has 8 nitrogen and oxygen atoms in total. The second-order valence-electron chi connectivity index (χ2n) is 11.7. The molecule has 8 heteroatoms. The number of likely N-dealkylation sites (N-methyl/N-ethyl adjacent to an activating group) is 1. The average Bonchev–Trinajstić information content (AvgIpc) is 3.15. The van der Waals surface area contributed by atoms with Gasteiger partial charge in [0, 0.05) is 26.2 Å². The third-order valence-corrected chi connectivity index (χ3v) is 9.59. The minimum atomic E-state index is -1.25. The van der Waals surface area contributed by atoms with E-state index in [1.54, 1.807) is 16.8 Å². The van der Waals surface area contributed by atoms with E-state index < -0.39 is 35.1 Å². The number of likely N-dealkylation sites (tertiary alicyclic amines) is 1. The number of nitrogens with zero attached hydrogens (tertiary/aromatic N) is 3. The molecule has 0 bridgehead atoms. The SMILES string of the molecule is CC[C@H](C)[C@H](CO)N1C(=O)[C@@H]2[C@H]3C(=O)N(C)CC=C[C@@]3(C)O[C@@]23C=CCN(C2CCCCC2)C(=O)C13. The number of hydrogen-bond acceptors (Lipinski definition) is 5. The smallest absolute Gasteiger partial charge is 0.249 e. The molecule has 5 rings (SSSR count). The van der Waals surface area contributed by atoms with Crippen molar-refractivity contribution in [1.82, 2.24) is 14.7 Å². The van der Waals surface area contributed by atoms with Gasteiger partial charge in [0.05, 0.1) is 30.1 Å². The summed E-state index contributed by atoms with van der Waals surface area (Å²) in [5.41, 5.74) is -2.25.